The second kappa shape index (κ2) is 5.08. The number of rotatable bonds is 3. The number of aliphatic hydroxyl groups is 1. The predicted octanol–water partition coefficient (Wildman–Crippen LogP) is 0.349. The lowest BCUT2D eigenvalue weighted by atomic mass is 10.0. The first kappa shape index (κ1) is 12.4. The summed E-state index contributed by atoms with van der Waals surface area (Å²) >= 11 is 1.43. The number of hydrogen-bond acceptors (Lipinski definition) is 5. The summed E-state index contributed by atoms with van der Waals surface area (Å²) in [5.74, 6) is -0.412. The van der Waals surface area contributed by atoms with Gasteiger partial charge >= 0.3 is 0 Å². The molecule has 0 amide bonds. The van der Waals surface area contributed by atoms with E-state index in [0.717, 1.165) is 12.2 Å². The van der Waals surface area contributed by atoms with Crippen molar-refractivity contribution in [3.05, 3.63) is 35.4 Å². The van der Waals surface area contributed by atoms with Crippen molar-refractivity contribution in [2.24, 2.45) is 0 Å². The molecule has 1 heterocycles. The van der Waals surface area contributed by atoms with Gasteiger partial charge in [-0.25, -0.2) is 0 Å². The fraction of sp³-hybridized carbons (Fsp3) is 0.417. The van der Waals surface area contributed by atoms with Crippen molar-refractivity contribution in [3.63, 3.8) is 0 Å². The maximum absolute atomic E-state index is 11.1. The molecule has 5 heteroatoms. The number of carbonyl (C=O) groups is 1. The molecule has 4 nitrogen and oxygen atoms in total. The number of hydrogen-bond donors (Lipinski definition) is 1. The van der Waals surface area contributed by atoms with E-state index in [2.05, 4.69) is 0 Å². The van der Waals surface area contributed by atoms with E-state index in [0.29, 0.717) is 12.2 Å². The molecular weight excluding hydrogens is 240 g/mol. The van der Waals surface area contributed by atoms with Crippen LogP contribution in [0.3, 0.4) is 0 Å². The molecule has 0 aromatic heterocycles. The van der Waals surface area contributed by atoms with E-state index in [-0.39, 0.29) is 12.2 Å². The van der Waals surface area contributed by atoms with Crippen LogP contribution in [0.2, 0.25) is 0 Å². The summed E-state index contributed by atoms with van der Waals surface area (Å²) in [7, 11) is 0. The van der Waals surface area contributed by atoms with Gasteiger partial charge in [0, 0.05) is 17.7 Å². The fourth-order valence-corrected chi connectivity index (χ4v) is 3.08. The molecule has 1 aromatic rings. The van der Waals surface area contributed by atoms with Gasteiger partial charge in [-0.2, -0.15) is 0 Å². The summed E-state index contributed by atoms with van der Waals surface area (Å²) in [4.78, 5) is 10.1. The monoisotopic (exact) mass is 253 g/mol. The van der Waals surface area contributed by atoms with Crippen molar-refractivity contribution in [3.8, 4) is 0 Å². The first-order chi connectivity index (χ1) is 8.19. The minimum absolute atomic E-state index is 0.0796. The molecule has 0 spiro atoms. The summed E-state index contributed by atoms with van der Waals surface area (Å²) in [6.07, 6.45) is 0.903. The number of carbonyl (C=O) groups excluding carboxylic acids is 1. The van der Waals surface area contributed by atoms with Crippen LogP contribution in [0.5, 0.6) is 0 Å². The second-order valence-electron chi connectivity index (χ2n) is 3.79. The van der Waals surface area contributed by atoms with Gasteiger partial charge in [-0.05, 0) is 12.2 Å². The Hall–Kier alpha value is -1.04. The van der Waals surface area contributed by atoms with Crippen LogP contribution in [0.15, 0.2) is 24.3 Å². The zero-order chi connectivity index (χ0) is 12.3. The third-order valence-electron chi connectivity index (χ3n) is 2.72. The molecule has 0 bridgehead atoms. The highest BCUT2D eigenvalue weighted by Crippen LogP contribution is 2.42. The number of ether oxygens (including phenoxy) is 1. The maximum atomic E-state index is 11.1. The normalized spacial score (nSPS) is 24.5. The quantitative estimate of drug-likeness (QED) is 0.841. The van der Waals surface area contributed by atoms with E-state index >= 15 is 0 Å². The van der Waals surface area contributed by atoms with E-state index in [1.165, 1.54) is 17.8 Å². The largest absolute Gasteiger partial charge is 0.545 e. The van der Waals surface area contributed by atoms with Gasteiger partial charge in [0.2, 0.25) is 0 Å². The lowest BCUT2D eigenvalue weighted by molar-refractivity contribution is -0.255. The summed E-state index contributed by atoms with van der Waals surface area (Å²) in [5, 5.41) is 20.6. The Morgan fingerprint density at radius 1 is 1.53 bits per heavy atom. The van der Waals surface area contributed by atoms with Crippen molar-refractivity contribution in [1.29, 1.82) is 0 Å². The van der Waals surface area contributed by atoms with E-state index in [1.807, 2.05) is 0 Å². The molecule has 1 N–H and O–H groups in total. The minimum Gasteiger partial charge on any atom is -0.545 e. The Morgan fingerprint density at radius 3 is 2.88 bits per heavy atom. The number of carboxylic acids is 1. The van der Waals surface area contributed by atoms with Crippen LogP contribution in [-0.4, -0.2) is 30.0 Å². The predicted molar refractivity (Wildman–Crippen MR) is 62.6 cm³/mol. The SMILES string of the molecule is O=C([O-])c1ccccc1C1(CO)OCCCS1. The van der Waals surface area contributed by atoms with Crippen molar-refractivity contribution >= 4 is 17.7 Å². The number of thioether (sulfide) groups is 1. The lowest BCUT2D eigenvalue weighted by Crippen LogP contribution is -2.37. The number of benzene rings is 1. The van der Waals surface area contributed by atoms with Gasteiger partial charge in [0.25, 0.3) is 0 Å². The number of aromatic carboxylic acids is 1. The van der Waals surface area contributed by atoms with Gasteiger partial charge < -0.3 is 19.7 Å². The highest BCUT2D eigenvalue weighted by Gasteiger charge is 2.37. The van der Waals surface area contributed by atoms with Crippen LogP contribution in [-0.2, 0) is 9.67 Å². The Labute approximate surface area is 104 Å². The zero-order valence-corrected chi connectivity index (χ0v) is 10.0. The molecule has 1 atom stereocenters. The first-order valence-electron chi connectivity index (χ1n) is 5.39. The number of aliphatic hydroxyl groups excluding tert-OH is 1. The maximum Gasteiger partial charge on any atom is 0.162 e. The Morgan fingerprint density at radius 2 is 2.29 bits per heavy atom. The Balaban J connectivity index is 2.46. The van der Waals surface area contributed by atoms with Crippen molar-refractivity contribution < 1.29 is 19.7 Å². The topological polar surface area (TPSA) is 69.6 Å². The molecule has 0 aliphatic carbocycles. The molecule has 1 fully saturated rings. The molecule has 1 aliphatic rings. The molecule has 17 heavy (non-hydrogen) atoms. The Kier molecular flexibility index (Phi) is 3.71. The molecule has 0 saturated carbocycles. The van der Waals surface area contributed by atoms with Crippen LogP contribution in [0.1, 0.15) is 22.3 Å². The first-order valence-corrected chi connectivity index (χ1v) is 6.38. The Bertz CT molecular complexity index is 413. The van der Waals surface area contributed by atoms with Crippen LogP contribution < -0.4 is 5.11 Å². The van der Waals surface area contributed by atoms with Crippen molar-refractivity contribution in [2.75, 3.05) is 19.0 Å². The van der Waals surface area contributed by atoms with Gasteiger partial charge in [-0.3, -0.25) is 0 Å². The third kappa shape index (κ3) is 2.31. The molecule has 1 unspecified atom stereocenters. The fourth-order valence-electron chi connectivity index (χ4n) is 1.90. The lowest BCUT2D eigenvalue weighted by Gasteiger charge is -2.36. The van der Waals surface area contributed by atoms with Crippen LogP contribution in [0, 0.1) is 0 Å². The third-order valence-corrected chi connectivity index (χ3v) is 4.15. The summed E-state index contributed by atoms with van der Waals surface area (Å²) in [6.45, 7) is 0.275. The molecule has 2 rings (SSSR count). The van der Waals surface area contributed by atoms with Crippen LogP contribution in [0.4, 0.5) is 0 Å². The van der Waals surface area contributed by atoms with Crippen molar-refractivity contribution in [2.45, 2.75) is 11.4 Å². The molecular formula is C12H13O4S-. The van der Waals surface area contributed by atoms with E-state index < -0.39 is 10.9 Å². The molecule has 1 aliphatic heterocycles. The van der Waals surface area contributed by atoms with E-state index in [1.54, 1.807) is 18.2 Å². The molecule has 1 aromatic carbocycles. The van der Waals surface area contributed by atoms with E-state index in [9.17, 15) is 15.0 Å². The molecule has 1 saturated heterocycles. The van der Waals surface area contributed by atoms with E-state index in [4.69, 9.17) is 4.74 Å². The second-order valence-corrected chi connectivity index (χ2v) is 5.15. The van der Waals surface area contributed by atoms with Gasteiger partial charge in [0.15, 0.2) is 4.93 Å². The zero-order valence-electron chi connectivity index (χ0n) is 9.22. The summed E-state index contributed by atoms with van der Waals surface area (Å²) in [5.41, 5.74) is 0.558. The van der Waals surface area contributed by atoms with Crippen LogP contribution >= 0.6 is 11.8 Å². The average Bonchev–Trinajstić information content (AvgIpc) is 2.39. The minimum atomic E-state index is -1.25. The average molecular weight is 253 g/mol. The van der Waals surface area contributed by atoms with Crippen LogP contribution in [0.25, 0.3) is 0 Å². The highest BCUT2D eigenvalue weighted by atomic mass is 32.2. The summed E-state index contributed by atoms with van der Waals surface area (Å²) < 4.78 is 5.61. The highest BCUT2D eigenvalue weighted by molar-refractivity contribution is 8.00. The molecule has 92 valence electrons. The number of carboxylic acid groups (broad SMARTS) is 1. The van der Waals surface area contributed by atoms with Crippen molar-refractivity contribution in [1.82, 2.24) is 0 Å². The van der Waals surface area contributed by atoms with Gasteiger partial charge in [0.05, 0.1) is 12.6 Å². The van der Waals surface area contributed by atoms with Gasteiger partial charge in [-0.1, -0.05) is 24.3 Å². The van der Waals surface area contributed by atoms with Gasteiger partial charge in [-0.15, -0.1) is 11.8 Å². The van der Waals surface area contributed by atoms with Gasteiger partial charge in [0.1, 0.15) is 0 Å². The summed E-state index contributed by atoms with van der Waals surface area (Å²) in [6, 6.07) is 6.51. The smallest absolute Gasteiger partial charge is 0.162 e. The standard InChI is InChI=1S/C12H14O4S/c13-8-12(16-6-3-7-17-12)10-5-2-1-4-9(10)11(14)15/h1-2,4-5,13H,3,6-8H2,(H,14,15)/p-1. The molecule has 0 radical (unpaired) electrons.